The molecule has 0 aliphatic rings. The van der Waals surface area contributed by atoms with E-state index in [-0.39, 0.29) is 12.5 Å². The molecule has 0 aliphatic carbocycles. The van der Waals surface area contributed by atoms with E-state index in [0.29, 0.717) is 5.69 Å². The fourth-order valence-corrected chi connectivity index (χ4v) is 1.67. The number of carbonyl (C=O) groups is 1. The molecule has 2 N–H and O–H groups in total. The van der Waals surface area contributed by atoms with Crippen molar-refractivity contribution in [1.82, 2.24) is 4.98 Å². The third-order valence-corrected chi connectivity index (χ3v) is 2.41. The van der Waals surface area contributed by atoms with E-state index in [4.69, 9.17) is 5.73 Å². The maximum absolute atomic E-state index is 11.3. The van der Waals surface area contributed by atoms with Crippen LogP contribution in [0.3, 0.4) is 0 Å². The molecule has 0 spiro atoms. The van der Waals surface area contributed by atoms with Gasteiger partial charge in [-0.1, -0.05) is 6.92 Å². The van der Waals surface area contributed by atoms with Crippen molar-refractivity contribution in [3.63, 3.8) is 0 Å². The molecule has 5 heteroatoms. The Morgan fingerprint density at radius 1 is 1.59 bits per heavy atom. The number of aryl methyl sites for hydroxylation is 1. The topological polar surface area (TPSA) is 68.5 Å². The van der Waals surface area contributed by atoms with Gasteiger partial charge in [0.05, 0.1) is 19.0 Å². The first-order valence-electron chi connectivity index (χ1n) is 5.62. The lowest BCUT2D eigenvalue weighted by Gasteiger charge is -2.23. The molecular formula is C12H19N3O2. The average Bonchev–Trinajstić information content (AvgIpc) is 2.28. The molecule has 5 nitrogen and oxygen atoms in total. The van der Waals surface area contributed by atoms with Crippen LogP contribution in [-0.4, -0.2) is 31.2 Å². The zero-order valence-electron chi connectivity index (χ0n) is 10.6. The number of nitrogen functional groups attached to an aromatic ring is 1. The van der Waals surface area contributed by atoms with Crippen molar-refractivity contribution < 1.29 is 9.53 Å². The highest BCUT2D eigenvalue weighted by atomic mass is 16.5. The summed E-state index contributed by atoms with van der Waals surface area (Å²) in [6.45, 7) is 4.95. The third kappa shape index (κ3) is 3.62. The number of pyridine rings is 1. The summed E-state index contributed by atoms with van der Waals surface area (Å²) in [5.41, 5.74) is 7.24. The Balaban J connectivity index is 2.92. The molecule has 0 aromatic carbocycles. The van der Waals surface area contributed by atoms with Gasteiger partial charge in [0.15, 0.2) is 0 Å². The Bertz CT molecular complexity index is 393. The molecule has 0 saturated carbocycles. The lowest BCUT2D eigenvalue weighted by atomic mass is 10.2. The Morgan fingerprint density at radius 3 is 2.82 bits per heavy atom. The van der Waals surface area contributed by atoms with Crippen LogP contribution >= 0.6 is 0 Å². The highest BCUT2D eigenvalue weighted by Crippen LogP contribution is 2.19. The fraction of sp³-hybridized carbons (Fsp3) is 0.500. The fourth-order valence-electron chi connectivity index (χ4n) is 1.67. The van der Waals surface area contributed by atoms with Crippen molar-refractivity contribution in [3.8, 4) is 0 Å². The Labute approximate surface area is 102 Å². The number of nitrogens with zero attached hydrogens (tertiary/aromatic N) is 2. The van der Waals surface area contributed by atoms with Gasteiger partial charge < -0.3 is 15.4 Å². The minimum atomic E-state index is -0.267. The van der Waals surface area contributed by atoms with Crippen LogP contribution in [0.25, 0.3) is 0 Å². The van der Waals surface area contributed by atoms with E-state index in [2.05, 4.69) is 16.6 Å². The molecule has 0 amide bonds. The molecule has 0 atom stereocenters. The van der Waals surface area contributed by atoms with Crippen molar-refractivity contribution >= 4 is 17.5 Å². The highest BCUT2D eigenvalue weighted by Gasteiger charge is 2.14. The van der Waals surface area contributed by atoms with Crippen molar-refractivity contribution in [3.05, 3.63) is 17.8 Å². The van der Waals surface area contributed by atoms with Crippen LogP contribution in [0.5, 0.6) is 0 Å². The van der Waals surface area contributed by atoms with Gasteiger partial charge in [0, 0.05) is 6.54 Å². The van der Waals surface area contributed by atoms with Gasteiger partial charge in [-0.25, -0.2) is 4.98 Å². The molecular weight excluding hydrogens is 218 g/mol. The van der Waals surface area contributed by atoms with Gasteiger partial charge in [-0.2, -0.15) is 0 Å². The second-order valence-electron chi connectivity index (χ2n) is 3.91. The van der Waals surface area contributed by atoms with Crippen molar-refractivity contribution in [2.75, 3.05) is 30.8 Å². The van der Waals surface area contributed by atoms with Gasteiger partial charge in [0.25, 0.3) is 0 Å². The van der Waals surface area contributed by atoms with Gasteiger partial charge in [-0.15, -0.1) is 0 Å². The minimum absolute atomic E-state index is 0.210. The Hall–Kier alpha value is -1.78. The first-order valence-corrected chi connectivity index (χ1v) is 5.62. The number of hydrogen-bond donors (Lipinski definition) is 1. The van der Waals surface area contributed by atoms with Gasteiger partial charge in [0.2, 0.25) is 0 Å². The zero-order valence-corrected chi connectivity index (χ0v) is 10.6. The summed E-state index contributed by atoms with van der Waals surface area (Å²) in [5, 5.41) is 0. The Kier molecular flexibility index (Phi) is 4.75. The summed E-state index contributed by atoms with van der Waals surface area (Å²) >= 11 is 0. The van der Waals surface area contributed by atoms with Crippen LogP contribution in [0, 0.1) is 6.92 Å². The largest absolute Gasteiger partial charge is 0.468 e. The monoisotopic (exact) mass is 237 g/mol. The third-order valence-electron chi connectivity index (χ3n) is 2.41. The van der Waals surface area contributed by atoms with E-state index in [0.717, 1.165) is 24.3 Å². The average molecular weight is 237 g/mol. The van der Waals surface area contributed by atoms with Gasteiger partial charge in [-0.3, -0.25) is 4.79 Å². The van der Waals surface area contributed by atoms with E-state index in [1.165, 1.54) is 7.11 Å². The van der Waals surface area contributed by atoms with Crippen LogP contribution in [-0.2, 0) is 9.53 Å². The molecule has 1 aromatic rings. The van der Waals surface area contributed by atoms with E-state index >= 15 is 0 Å². The summed E-state index contributed by atoms with van der Waals surface area (Å²) in [5.74, 6) is 0.517. The molecule has 1 aromatic heterocycles. The van der Waals surface area contributed by atoms with E-state index in [1.54, 1.807) is 6.20 Å². The summed E-state index contributed by atoms with van der Waals surface area (Å²) in [6, 6.07) is 1.85. The van der Waals surface area contributed by atoms with Crippen LogP contribution in [0.15, 0.2) is 12.3 Å². The van der Waals surface area contributed by atoms with Crippen LogP contribution in [0.4, 0.5) is 11.5 Å². The van der Waals surface area contributed by atoms with E-state index < -0.39 is 0 Å². The number of ether oxygens (including phenoxy) is 1. The van der Waals surface area contributed by atoms with Crippen LogP contribution in [0.1, 0.15) is 18.9 Å². The summed E-state index contributed by atoms with van der Waals surface area (Å²) in [4.78, 5) is 17.5. The number of nitrogens with two attached hydrogens (primary N) is 1. The van der Waals surface area contributed by atoms with Crippen molar-refractivity contribution in [1.29, 1.82) is 0 Å². The standard InChI is InChI=1S/C12H19N3O2/c1-4-5-15(8-11(16)17-3)12-9(2)6-10(13)7-14-12/h6-7H,4-5,8,13H2,1-3H3. The second kappa shape index (κ2) is 6.08. The number of methoxy groups -OCH3 is 1. The SMILES string of the molecule is CCCN(CC(=O)OC)c1ncc(N)cc1C. The first kappa shape index (κ1) is 13.3. The van der Waals surface area contributed by atoms with Gasteiger partial charge in [0.1, 0.15) is 12.4 Å². The molecule has 17 heavy (non-hydrogen) atoms. The molecule has 0 bridgehead atoms. The zero-order chi connectivity index (χ0) is 12.8. The summed E-state index contributed by atoms with van der Waals surface area (Å²) in [7, 11) is 1.38. The summed E-state index contributed by atoms with van der Waals surface area (Å²) in [6.07, 6.45) is 2.53. The molecule has 1 heterocycles. The molecule has 0 unspecified atom stereocenters. The second-order valence-corrected chi connectivity index (χ2v) is 3.91. The quantitative estimate of drug-likeness (QED) is 0.783. The van der Waals surface area contributed by atoms with Gasteiger partial charge in [-0.05, 0) is 25.0 Å². The molecule has 0 saturated heterocycles. The van der Waals surface area contributed by atoms with Crippen molar-refractivity contribution in [2.45, 2.75) is 20.3 Å². The lowest BCUT2D eigenvalue weighted by molar-refractivity contribution is -0.138. The lowest BCUT2D eigenvalue weighted by Crippen LogP contribution is -2.32. The molecule has 0 fully saturated rings. The molecule has 0 radical (unpaired) electrons. The molecule has 94 valence electrons. The smallest absolute Gasteiger partial charge is 0.325 e. The Morgan fingerprint density at radius 2 is 2.29 bits per heavy atom. The predicted molar refractivity (Wildman–Crippen MR) is 67.9 cm³/mol. The number of rotatable bonds is 5. The van der Waals surface area contributed by atoms with E-state index in [9.17, 15) is 4.79 Å². The van der Waals surface area contributed by atoms with E-state index in [1.807, 2.05) is 17.9 Å². The van der Waals surface area contributed by atoms with Crippen molar-refractivity contribution in [2.24, 2.45) is 0 Å². The number of esters is 1. The molecule has 0 aliphatic heterocycles. The number of carbonyl (C=O) groups excluding carboxylic acids is 1. The first-order chi connectivity index (χ1) is 8.08. The maximum atomic E-state index is 11.3. The number of hydrogen-bond acceptors (Lipinski definition) is 5. The summed E-state index contributed by atoms with van der Waals surface area (Å²) < 4.78 is 4.68. The maximum Gasteiger partial charge on any atom is 0.325 e. The number of aromatic nitrogens is 1. The van der Waals surface area contributed by atoms with Gasteiger partial charge >= 0.3 is 5.97 Å². The predicted octanol–water partition coefficient (Wildman–Crippen LogP) is 1.36. The van der Waals surface area contributed by atoms with Crippen LogP contribution in [0.2, 0.25) is 0 Å². The molecule has 1 rings (SSSR count). The van der Waals surface area contributed by atoms with Crippen LogP contribution < -0.4 is 10.6 Å². The number of anilines is 2. The normalized spacial score (nSPS) is 10.1. The highest BCUT2D eigenvalue weighted by molar-refractivity contribution is 5.75. The minimum Gasteiger partial charge on any atom is -0.468 e.